The van der Waals surface area contributed by atoms with Crippen LogP contribution < -0.4 is 0 Å². The summed E-state index contributed by atoms with van der Waals surface area (Å²) in [5.41, 5.74) is 1.04. The van der Waals surface area contributed by atoms with E-state index in [1.807, 2.05) is 19.1 Å². The fourth-order valence-corrected chi connectivity index (χ4v) is 6.58. The Bertz CT molecular complexity index is 545. The summed E-state index contributed by atoms with van der Waals surface area (Å²) in [7, 11) is -3.34. The van der Waals surface area contributed by atoms with Crippen molar-refractivity contribution in [1.29, 1.82) is 0 Å². The Labute approximate surface area is 123 Å². The lowest BCUT2D eigenvalue weighted by atomic mass is 9.92. The predicted molar refractivity (Wildman–Crippen MR) is 81.3 cm³/mol. The molecule has 0 radical (unpaired) electrons. The van der Waals surface area contributed by atoms with Crippen LogP contribution in [0.1, 0.15) is 26.3 Å². The van der Waals surface area contributed by atoms with E-state index in [9.17, 15) is 8.42 Å². The molecule has 0 aromatic heterocycles. The molecule has 0 spiro atoms. The normalized spacial score (nSPS) is 28.2. The highest BCUT2D eigenvalue weighted by atomic mass is 127. The number of rotatable bonds is 2. The number of hydrogen-bond acceptors (Lipinski definition) is 2. The maximum absolute atomic E-state index is 12.5. The van der Waals surface area contributed by atoms with Gasteiger partial charge < -0.3 is 0 Å². The number of halogens is 1. The molecule has 1 saturated heterocycles. The highest BCUT2D eigenvalue weighted by Crippen LogP contribution is 2.48. The molecule has 1 heterocycles. The van der Waals surface area contributed by atoms with E-state index in [1.54, 1.807) is 16.4 Å². The molecule has 1 aliphatic heterocycles. The maximum Gasteiger partial charge on any atom is 0.244 e. The van der Waals surface area contributed by atoms with Crippen LogP contribution in [0.5, 0.6) is 0 Å². The third kappa shape index (κ3) is 2.44. The van der Waals surface area contributed by atoms with Gasteiger partial charge in [-0.15, -0.1) is 0 Å². The predicted octanol–water partition coefficient (Wildman–Crippen LogP) is 3.18. The van der Waals surface area contributed by atoms with Gasteiger partial charge in [0.1, 0.15) is 0 Å². The number of hydrogen-bond donors (Lipinski definition) is 0. The second-order valence-electron chi connectivity index (χ2n) is 5.83. The Morgan fingerprint density at radius 2 is 1.67 bits per heavy atom. The molecule has 3 unspecified atom stereocenters. The van der Waals surface area contributed by atoms with Gasteiger partial charge >= 0.3 is 0 Å². The largest absolute Gasteiger partial charge is 0.244 e. The first-order chi connectivity index (χ1) is 8.15. The summed E-state index contributed by atoms with van der Waals surface area (Å²) in [5.74, 6) is 0. The number of benzene rings is 1. The average molecular weight is 379 g/mol. The topological polar surface area (TPSA) is 37.1 Å². The van der Waals surface area contributed by atoms with Crippen LogP contribution >= 0.6 is 22.6 Å². The minimum atomic E-state index is -3.34. The molecule has 1 aromatic rings. The summed E-state index contributed by atoms with van der Waals surface area (Å²) in [5, 5.41) is 0. The second-order valence-corrected chi connectivity index (χ2v) is 8.95. The zero-order chi connectivity index (χ0) is 13.7. The molecule has 18 heavy (non-hydrogen) atoms. The number of nitrogens with zero attached hydrogens (tertiary/aromatic N) is 1. The van der Waals surface area contributed by atoms with Crippen LogP contribution in [0.2, 0.25) is 0 Å². The molecule has 1 fully saturated rings. The molecule has 100 valence electrons. The Balaban J connectivity index is 2.32. The van der Waals surface area contributed by atoms with Gasteiger partial charge in [-0.25, -0.2) is 8.42 Å². The van der Waals surface area contributed by atoms with Crippen molar-refractivity contribution >= 4 is 32.6 Å². The highest BCUT2D eigenvalue weighted by molar-refractivity contribution is 14.1. The van der Waals surface area contributed by atoms with Crippen LogP contribution in [0, 0.1) is 12.3 Å². The molecule has 3 atom stereocenters. The zero-order valence-corrected chi connectivity index (χ0v) is 14.0. The van der Waals surface area contributed by atoms with Crippen LogP contribution in [0.4, 0.5) is 0 Å². The summed E-state index contributed by atoms with van der Waals surface area (Å²) in [6.07, 6.45) is 0. The van der Waals surface area contributed by atoms with Crippen molar-refractivity contribution in [2.24, 2.45) is 5.41 Å². The van der Waals surface area contributed by atoms with E-state index in [1.165, 1.54) is 0 Å². The van der Waals surface area contributed by atoms with Gasteiger partial charge in [0.15, 0.2) is 0 Å². The van der Waals surface area contributed by atoms with E-state index in [-0.39, 0.29) is 15.5 Å². The molecule has 1 aliphatic rings. The Morgan fingerprint density at radius 1 is 1.17 bits per heavy atom. The van der Waals surface area contributed by atoms with Crippen molar-refractivity contribution in [2.75, 3.05) is 0 Å². The lowest BCUT2D eigenvalue weighted by Crippen LogP contribution is -2.23. The van der Waals surface area contributed by atoms with E-state index >= 15 is 0 Å². The standard InChI is InChI=1S/C13H18INO2S/c1-9-5-7-10(8-6-9)18(16,17)15-11(12(15)14)13(2,3)4/h5-8,11-12H,1-4H3. The van der Waals surface area contributed by atoms with Crippen molar-refractivity contribution in [3.05, 3.63) is 29.8 Å². The van der Waals surface area contributed by atoms with Crippen molar-refractivity contribution in [3.8, 4) is 0 Å². The third-order valence-electron chi connectivity index (χ3n) is 3.17. The summed E-state index contributed by atoms with van der Waals surface area (Å²) >= 11 is 2.21. The van der Waals surface area contributed by atoms with E-state index in [4.69, 9.17) is 0 Å². The lowest BCUT2D eigenvalue weighted by Gasteiger charge is -2.17. The Kier molecular flexibility index (Phi) is 3.53. The quantitative estimate of drug-likeness (QED) is 0.343. The Hall–Kier alpha value is -0.140. The van der Waals surface area contributed by atoms with Gasteiger partial charge in [0, 0.05) is 0 Å². The fourth-order valence-electron chi connectivity index (χ4n) is 2.09. The number of alkyl halides is 1. The first-order valence-corrected chi connectivity index (χ1v) is 8.58. The molecule has 3 nitrogen and oxygen atoms in total. The first-order valence-electron chi connectivity index (χ1n) is 5.90. The summed E-state index contributed by atoms with van der Waals surface area (Å²) in [6, 6.07) is 7.14. The monoisotopic (exact) mass is 379 g/mol. The molecular formula is C13H18INO2S. The van der Waals surface area contributed by atoms with Gasteiger partial charge in [0.05, 0.1) is 15.0 Å². The van der Waals surface area contributed by atoms with Gasteiger partial charge in [0.2, 0.25) is 10.0 Å². The van der Waals surface area contributed by atoms with Crippen LogP contribution in [0.15, 0.2) is 29.2 Å². The van der Waals surface area contributed by atoms with E-state index in [0.29, 0.717) is 4.90 Å². The van der Waals surface area contributed by atoms with Crippen molar-refractivity contribution < 1.29 is 8.42 Å². The van der Waals surface area contributed by atoms with Gasteiger partial charge in [-0.3, -0.25) is 0 Å². The average Bonchev–Trinajstić information content (AvgIpc) is 2.91. The highest BCUT2D eigenvalue weighted by Gasteiger charge is 2.59. The molecule has 0 amide bonds. The smallest absolute Gasteiger partial charge is 0.207 e. The SMILES string of the molecule is Cc1ccc(S(=O)(=O)N2C(I)C2C(C)(C)C)cc1. The molecule has 0 aliphatic carbocycles. The fraction of sp³-hybridized carbons (Fsp3) is 0.538. The van der Waals surface area contributed by atoms with Crippen LogP contribution in [0.25, 0.3) is 0 Å². The van der Waals surface area contributed by atoms with Gasteiger partial charge in [0.25, 0.3) is 0 Å². The lowest BCUT2D eigenvalue weighted by molar-refractivity contribution is 0.370. The zero-order valence-electron chi connectivity index (χ0n) is 11.0. The molecule has 0 saturated carbocycles. The van der Waals surface area contributed by atoms with Crippen LogP contribution in [-0.2, 0) is 10.0 Å². The summed E-state index contributed by atoms with van der Waals surface area (Å²) in [6.45, 7) is 8.18. The molecule has 1 aromatic carbocycles. The molecule has 2 rings (SSSR count). The molecule has 0 bridgehead atoms. The number of aryl methyl sites for hydroxylation is 1. The van der Waals surface area contributed by atoms with Crippen LogP contribution in [0.3, 0.4) is 0 Å². The van der Waals surface area contributed by atoms with Gasteiger partial charge in [-0.1, -0.05) is 61.1 Å². The second kappa shape index (κ2) is 4.45. The minimum Gasteiger partial charge on any atom is -0.207 e. The maximum atomic E-state index is 12.5. The molecule has 5 heteroatoms. The Morgan fingerprint density at radius 3 is 2.06 bits per heavy atom. The van der Waals surface area contributed by atoms with E-state index in [0.717, 1.165) is 5.56 Å². The first kappa shape index (κ1) is 14.3. The minimum absolute atomic E-state index is 0.0242. The molecule has 0 N–H and O–H groups in total. The molecular weight excluding hydrogens is 361 g/mol. The van der Waals surface area contributed by atoms with E-state index < -0.39 is 10.0 Å². The number of sulfonamides is 1. The summed E-state index contributed by atoms with van der Waals surface area (Å²) < 4.78 is 26.7. The summed E-state index contributed by atoms with van der Waals surface area (Å²) in [4.78, 5) is 0.390. The van der Waals surface area contributed by atoms with E-state index in [2.05, 4.69) is 43.4 Å². The van der Waals surface area contributed by atoms with Crippen LogP contribution in [-0.4, -0.2) is 22.8 Å². The van der Waals surface area contributed by atoms with Crippen molar-refractivity contribution in [1.82, 2.24) is 4.31 Å². The van der Waals surface area contributed by atoms with Crippen molar-refractivity contribution in [3.63, 3.8) is 0 Å². The van der Waals surface area contributed by atoms with Gasteiger partial charge in [-0.05, 0) is 24.5 Å². The van der Waals surface area contributed by atoms with Crippen molar-refractivity contribution in [2.45, 2.75) is 42.7 Å². The van der Waals surface area contributed by atoms with Gasteiger partial charge in [-0.2, -0.15) is 4.31 Å². The third-order valence-corrected chi connectivity index (χ3v) is 6.71.